The lowest BCUT2D eigenvalue weighted by Crippen LogP contribution is -2.12. The molecule has 0 unspecified atom stereocenters. The van der Waals surface area contributed by atoms with Crippen LogP contribution in [0.1, 0.15) is 17.4 Å². The van der Waals surface area contributed by atoms with Crippen molar-refractivity contribution in [3.63, 3.8) is 0 Å². The van der Waals surface area contributed by atoms with Crippen LogP contribution in [-0.2, 0) is 11.8 Å². The van der Waals surface area contributed by atoms with E-state index in [1.165, 1.54) is 0 Å². The third kappa shape index (κ3) is 1.95. The van der Waals surface area contributed by atoms with Gasteiger partial charge in [0, 0.05) is 19.9 Å². The molecule has 0 saturated heterocycles. The first-order chi connectivity index (χ1) is 5.75. The highest BCUT2D eigenvalue weighted by Crippen LogP contribution is 2.00. The smallest absolute Gasteiger partial charge is 0.204 e. The molecule has 1 aromatic rings. The molecule has 1 aromatic heterocycles. The van der Waals surface area contributed by atoms with Gasteiger partial charge < -0.3 is 9.30 Å². The second kappa shape index (κ2) is 4.07. The Morgan fingerprint density at radius 3 is 2.92 bits per heavy atom. The molecule has 0 bridgehead atoms. The number of Topliss-reactive ketones (excluding diaryl/α,β-unsaturated/α-hetero) is 1. The van der Waals surface area contributed by atoms with Crippen molar-refractivity contribution in [3.8, 4) is 0 Å². The van der Waals surface area contributed by atoms with Gasteiger partial charge in [-0.25, -0.2) is 0 Å². The second-order valence-corrected chi connectivity index (χ2v) is 2.56. The van der Waals surface area contributed by atoms with Gasteiger partial charge in [0.1, 0.15) is 6.61 Å². The van der Waals surface area contributed by atoms with Gasteiger partial charge in [-0.15, -0.1) is 0 Å². The number of carbonyl (C=O) groups is 1. The zero-order valence-electron chi connectivity index (χ0n) is 7.41. The molecule has 0 atom stereocenters. The van der Waals surface area contributed by atoms with Crippen molar-refractivity contribution in [2.75, 3.05) is 13.2 Å². The summed E-state index contributed by atoms with van der Waals surface area (Å²) in [6.45, 7) is 2.63. The van der Waals surface area contributed by atoms with E-state index in [2.05, 4.69) is 0 Å². The zero-order chi connectivity index (χ0) is 8.97. The highest BCUT2D eigenvalue weighted by molar-refractivity contribution is 5.95. The van der Waals surface area contributed by atoms with Crippen molar-refractivity contribution in [1.82, 2.24) is 4.57 Å². The quantitative estimate of drug-likeness (QED) is 0.632. The number of aryl methyl sites for hydroxylation is 1. The van der Waals surface area contributed by atoms with Crippen molar-refractivity contribution in [2.45, 2.75) is 6.92 Å². The molecular weight excluding hydrogens is 154 g/mol. The number of aromatic nitrogens is 1. The van der Waals surface area contributed by atoms with E-state index in [4.69, 9.17) is 4.74 Å². The average molecular weight is 167 g/mol. The normalized spacial score (nSPS) is 10.2. The first-order valence-corrected chi connectivity index (χ1v) is 3.98. The molecule has 0 saturated carbocycles. The Balaban J connectivity index is 2.59. The van der Waals surface area contributed by atoms with E-state index < -0.39 is 0 Å². The van der Waals surface area contributed by atoms with Gasteiger partial charge in [-0.1, -0.05) is 0 Å². The molecule has 1 rings (SSSR count). The molecule has 0 amide bonds. The topological polar surface area (TPSA) is 31.2 Å². The van der Waals surface area contributed by atoms with Crippen LogP contribution in [0.3, 0.4) is 0 Å². The van der Waals surface area contributed by atoms with Gasteiger partial charge in [-0.3, -0.25) is 4.79 Å². The number of ether oxygens (including phenoxy) is 1. The van der Waals surface area contributed by atoms with Gasteiger partial charge in [0.15, 0.2) is 0 Å². The van der Waals surface area contributed by atoms with Crippen LogP contribution < -0.4 is 0 Å². The van der Waals surface area contributed by atoms with E-state index in [1.54, 1.807) is 10.6 Å². The first-order valence-electron chi connectivity index (χ1n) is 3.98. The van der Waals surface area contributed by atoms with Gasteiger partial charge in [0.2, 0.25) is 5.78 Å². The maximum atomic E-state index is 11.3. The molecule has 0 radical (unpaired) electrons. The summed E-state index contributed by atoms with van der Waals surface area (Å²) in [6.07, 6.45) is 1.85. The van der Waals surface area contributed by atoms with E-state index >= 15 is 0 Å². The van der Waals surface area contributed by atoms with E-state index in [9.17, 15) is 4.79 Å². The second-order valence-electron chi connectivity index (χ2n) is 2.56. The van der Waals surface area contributed by atoms with Gasteiger partial charge in [0.25, 0.3) is 0 Å². The highest BCUT2D eigenvalue weighted by Gasteiger charge is 2.07. The fraction of sp³-hybridized carbons (Fsp3) is 0.444. The molecule has 0 aromatic carbocycles. The van der Waals surface area contributed by atoms with Crippen LogP contribution >= 0.6 is 0 Å². The molecule has 66 valence electrons. The summed E-state index contributed by atoms with van der Waals surface area (Å²) in [5.74, 6) is 0.0318. The van der Waals surface area contributed by atoms with Gasteiger partial charge in [-0.05, 0) is 19.1 Å². The Bertz CT molecular complexity index is 265. The van der Waals surface area contributed by atoms with E-state index in [-0.39, 0.29) is 12.4 Å². The number of carbonyl (C=O) groups excluding carboxylic acids is 1. The average Bonchev–Trinajstić information content (AvgIpc) is 2.47. The molecule has 0 aliphatic carbocycles. The lowest BCUT2D eigenvalue weighted by atomic mass is 10.3. The van der Waals surface area contributed by atoms with Crippen LogP contribution in [0.4, 0.5) is 0 Å². The van der Waals surface area contributed by atoms with Crippen molar-refractivity contribution >= 4 is 5.78 Å². The van der Waals surface area contributed by atoms with Crippen LogP contribution in [0.25, 0.3) is 0 Å². The predicted octanol–water partition coefficient (Wildman–Crippen LogP) is 1.24. The van der Waals surface area contributed by atoms with Crippen molar-refractivity contribution in [3.05, 3.63) is 24.0 Å². The third-order valence-corrected chi connectivity index (χ3v) is 1.67. The number of hydrogen-bond donors (Lipinski definition) is 0. The Morgan fingerprint density at radius 2 is 2.42 bits per heavy atom. The minimum Gasteiger partial charge on any atom is -0.374 e. The largest absolute Gasteiger partial charge is 0.374 e. The Kier molecular flexibility index (Phi) is 3.05. The maximum absolute atomic E-state index is 11.3. The SMILES string of the molecule is CCOCC(=O)c1cccn1C. The lowest BCUT2D eigenvalue weighted by molar-refractivity contribution is 0.0775. The number of hydrogen-bond acceptors (Lipinski definition) is 2. The van der Waals surface area contributed by atoms with Gasteiger partial charge in [-0.2, -0.15) is 0 Å². The van der Waals surface area contributed by atoms with E-state index in [0.29, 0.717) is 12.3 Å². The molecule has 3 nitrogen and oxygen atoms in total. The fourth-order valence-electron chi connectivity index (χ4n) is 1.02. The summed E-state index contributed by atoms with van der Waals surface area (Å²) in [5.41, 5.74) is 0.698. The summed E-state index contributed by atoms with van der Waals surface area (Å²) in [6, 6.07) is 3.64. The molecule has 3 heteroatoms. The highest BCUT2D eigenvalue weighted by atomic mass is 16.5. The third-order valence-electron chi connectivity index (χ3n) is 1.67. The molecule has 0 fully saturated rings. The van der Waals surface area contributed by atoms with Crippen LogP contribution in [0.2, 0.25) is 0 Å². The van der Waals surface area contributed by atoms with Crippen molar-refractivity contribution < 1.29 is 9.53 Å². The summed E-state index contributed by atoms with van der Waals surface area (Å²) in [5, 5.41) is 0. The molecular formula is C9H13NO2. The summed E-state index contributed by atoms with van der Waals surface area (Å²) >= 11 is 0. The van der Waals surface area contributed by atoms with Crippen LogP contribution in [0.15, 0.2) is 18.3 Å². The molecule has 1 heterocycles. The number of ketones is 1. The number of rotatable bonds is 4. The Hall–Kier alpha value is -1.09. The van der Waals surface area contributed by atoms with Crippen LogP contribution in [0.5, 0.6) is 0 Å². The zero-order valence-corrected chi connectivity index (χ0v) is 7.41. The molecule has 12 heavy (non-hydrogen) atoms. The summed E-state index contributed by atoms with van der Waals surface area (Å²) < 4.78 is 6.80. The fourth-order valence-corrected chi connectivity index (χ4v) is 1.02. The van der Waals surface area contributed by atoms with Gasteiger partial charge >= 0.3 is 0 Å². The predicted molar refractivity (Wildman–Crippen MR) is 46.2 cm³/mol. The Labute approximate surface area is 72.0 Å². The maximum Gasteiger partial charge on any atom is 0.204 e. The molecule has 0 N–H and O–H groups in total. The molecule has 0 aliphatic rings. The van der Waals surface area contributed by atoms with Crippen molar-refractivity contribution in [1.29, 1.82) is 0 Å². The standard InChI is InChI=1S/C9H13NO2/c1-3-12-7-9(11)8-5-4-6-10(8)2/h4-6H,3,7H2,1-2H3. The van der Waals surface area contributed by atoms with Crippen molar-refractivity contribution in [2.24, 2.45) is 7.05 Å². The van der Waals surface area contributed by atoms with E-state index in [1.807, 2.05) is 26.2 Å². The first kappa shape index (κ1) is 9.00. The molecule has 0 aliphatic heterocycles. The van der Waals surface area contributed by atoms with Crippen LogP contribution in [-0.4, -0.2) is 23.6 Å². The minimum absolute atomic E-state index is 0.0318. The van der Waals surface area contributed by atoms with Crippen LogP contribution in [0, 0.1) is 0 Å². The number of nitrogens with zero attached hydrogens (tertiary/aromatic N) is 1. The van der Waals surface area contributed by atoms with E-state index in [0.717, 1.165) is 0 Å². The van der Waals surface area contributed by atoms with Gasteiger partial charge in [0.05, 0.1) is 5.69 Å². The molecule has 0 spiro atoms. The summed E-state index contributed by atoms with van der Waals surface area (Å²) in [7, 11) is 1.85. The minimum atomic E-state index is 0.0318. The Morgan fingerprint density at radius 1 is 1.67 bits per heavy atom. The lowest BCUT2D eigenvalue weighted by Gasteiger charge is -2.01. The monoisotopic (exact) mass is 167 g/mol. The summed E-state index contributed by atoms with van der Waals surface area (Å²) in [4.78, 5) is 11.3.